The molecule has 1 aromatic carbocycles. The molecule has 21 heavy (non-hydrogen) atoms. The molecule has 114 valence electrons. The van der Waals surface area contributed by atoms with E-state index in [1.54, 1.807) is 6.07 Å². The number of nitrogens with one attached hydrogen (secondary N) is 2. The number of rotatable bonds is 6. The summed E-state index contributed by atoms with van der Waals surface area (Å²) in [5.41, 5.74) is 0.940. The molecule has 0 saturated heterocycles. The molecule has 0 spiro atoms. The minimum Gasteiger partial charge on any atom is -0.443 e. The van der Waals surface area contributed by atoms with Gasteiger partial charge in [0.15, 0.2) is 0 Å². The van der Waals surface area contributed by atoms with Crippen LogP contribution >= 0.6 is 23.2 Å². The minimum atomic E-state index is -4.12. The molecular weight excluding hydrogens is 339 g/mol. The lowest BCUT2D eigenvalue weighted by Crippen LogP contribution is -2.39. The summed E-state index contributed by atoms with van der Waals surface area (Å²) in [4.78, 5) is 11.2. The van der Waals surface area contributed by atoms with Crippen LogP contribution in [-0.4, -0.2) is 21.0 Å². The molecule has 0 unspecified atom stereocenters. The third-order valence-electron chi connectivity index (χ3n) is 2.07. The summed E-state index contributed by atoms with van der Waals surface area (Å²) in [6, 6.07) is 4.77. The first-order valence-electron chi connectivity index (χ1n) is 5.55. The second-order valence-electron chi connectivity index (χ2n) is 3.57. The van der Waals surface area contributed by atoms with Crippen molar-refractivity contribution in [1.82, 2.24) is 10.0 Å². The van der Waals surface area contributed by atoms with Crippen molar-refractivity contribution in [3.63, 3.8) is 0 Å². The maximum Gasteiger partial charge on any atom is 0.328 e. The highest BCUT2D eigenvalue weighted by Crippen LogP contribution is 2.26. The summed E-state index contributed by atoms with van der Waals surface area (Å²) in [5.74, 6) is -0.0663. The zero-order valence-electron chi connectivity index (χ0n) is 10.7. The number of carbonyl (C=O) groups excluding carboxylic acids is 1. The molecule has 0 radical (unpaired) electrons. The van der Waals surface area contributed by atoms with Crippen molar-refractivity contribution in [2.24, 2.45) is 0 Å². The number of ether oxygens (including phenoxy) is 1. The summed E-state index contributed by atoms with van der Waals surface area (Å²) < 4.78 is 31.2. The molecule has 0 aliphatic heterocycles. The first-order chi connectivity index (χ1) is 9.90. The third-order valence-corrected chi connectivity index (χ3v) is 3.93. The van der Waals surface area contributed by atoms with Gasteiger partial charge in [-0.25, -0.2) is 17.9 Å². The van der Waals surface area contributed by atoms with Crippen LogP contribution in [-0.2, 0) is 10.0 Å². The molecule has 9 heteroatoms. The zero-order chi connectivity index (χ0) is 15.9. The summed E-state index contributed by atoms with van der Waals surface area (Å²) in [5, 5.41) is 2.07. The number of urea groups is 1. The molecule has 0 aliphatic carbocycles. The van der Waals surface area contributed by atoms with Crippen molar-refractivity contribution < 1.29 is 17.9 Å². The normalized spacial score (nSPS) is 11.6. The van der Waals surface area contributed by atoms with Gasteiger partial charge >= 0.3 is 6.03 Å². The fourth-order valence-electron chi connectivity index (χ4n) is 1.26. The summed E-state index contributed by atoms with van der Waals surface area (Å²) in [6.45, 7) is 3.52. The highest BCUT2D eigenvalue weighted by Gasteiger charge is 2.22. The van der Waals surface area contributed by atoms with Gasteiger partial charge in [-0.1, -0.05) is 29.8 Å². The van der Waals surface area contributed by atoms with Gasteiger partial charge in [0.1, 0.15) is 10.6 Å². The topological polar surface area (TPSA) is 84.5 Å². The largest absolute Gasteiger partial charge is 0.443 e. The van der Waals surface area contributed by atoms with Crippen LogP contribution in [0.4, 0.5) is 4.79 Å². The Bertz CT molecular complexity index is 659. The molecule has 0 heterocycles. The lowest BCUT2D eigenvalue weighted by atomic mass is 10.3. The lowest BCUT2D eigenvalue weighted by molar-refractivity contribution is 0.247. The second kappa shape index (κ2) is 7.92. The number of hydrogen-bond donors (Lipinski definition) is 2. The minimum absolute atomic E-state index is 0.0663. The molecule has 2 N–H and O–H groups in total. The average molecular weight is 351 g/mol. The molecule has 0 fully saturated rings. The fraction of sp³-hybridized carbons (Fsp3) is 0.0833. The van der Waals surface area contributed by atoms with Gasteiger partial charge in [-0.3, -0.25) is 0 Å². The van der Waals surface area contributed by atoms with Gasteiger partial charge in [-0.2, -0.15) is 0 Å². The molecule has 0 aromatic heterocycles. The van der Waals surface area contributed by atoms with Crippen molar-refractivity contribution in [2.45, 2.75) is 4.90 Å². The quantitative estimate of drug-likeness (QED) is 0.609. The maximum atomic E-state index is 12.1. The molecule has 1 rings (SSSR count). The SMILES string of the molecule is C=CCNC(=O)NS(=O)(=O)c1ccccc1O/C(Cl)=C/Cl. The summed E-state index contributed by atoms with van der Waals surface area (Å²) in [6.07, 6.45) is 1.41. The summed E-state index contributed by atoms with van der Waals surface area (Å²) in [7, 11) is -4.12. The van der Waals surface area contributed by atoms with E-state index in [0.717, 1.165) is 5.54 Å². The Kier molecular flexibility index (Phi) is 6.54. The molecule has 0 saturated carbocycles. The second-order valence-corrected chi connectivity index (χ2v) is 5.81. The van der Waals surface area contributed by atoms with Crippen LogP contribution in [0.2, 0.25) is 0 Å². The summed E-state index contributed by atoms with van der Waals surface area (Å²) >= 11 is 10.9. The van der Waals surface area contributed by atoms with Crippen molar-refractivity contribution in [3.05, 3.63) is 47.7 Å². The monoisotopic (exact) mass is 350 g/mol. The molecule has 0 bridgehead atoms. The van der Waals surface area contributed by atoms with Crippen LogP contribution in [0.1, 0.15) is 0 Å². The smallest absolute Gasteiger partial charge is 0.328 e. The van der Waals surface area contributed by atoms with Crippen LogP contribution in [0.25, 0.3) is 0 Å². The van der Waals surface area contributed by atoms with E-state index in [2.05, 4.69) is 11.9 Å². The molecule has 1 aromatic rings. The van der Waals surface area contributed by atoms with Gasteiger partial charge in [0.25, 0.3) is 10.0 Å². The van der Waals surface area contributed by atoms with Crippen LogP contribution in [0.15, 0.2) is 52.6 Å². The fourth-order valence-corrected chi connectivity index (χ4v) is 2.45. The van der Waals surface area contributed by atoms with Crippen molar-refractivity contribution in [2.75, 3.05) is 6.54 Å². The van der Waals surface area contributed by atoms with E-state index in [4.69, 9.17) is 27.9 Å². The number of benzene rings is 1. The third kappa shape index (κ3) is 5.30. The van der Waals surface area contributed by atoms with Gasteiger partial charge in [0.05, 0.1) is 5.54 Å². The van der Waals surface area contributed by atoms with Gasteiger partial charge < -0.3 is 10.1 Å². The van der Waals surface area contributed by atoms with Crippen molar-refractivity contribution in [3.8, 4) is 5.75 Å². The average Bonchev–Trinajstić information content (AvgIpc) is 2.45. The van der Waals surface area contributed by atoms with E-state index in [9.17, 15) is 13.2 Å². The van der Waals surface area contributed by atoms with Crippen LogP contribution in [0.5, 0.6) is 5.75 Å². The van der Waals surface area contributed by atoms with Crippen LogP contribution in [0, 0.1) is 0 Å². The number of halogens is 2. The van der Waals surface area contributed by atoms with Crippen molar-refractivity contribution in [1.29, 1.82) is 0 Å². The van der Waals surface area contributed by atoms with E-state index in [-0.39, 0.29) is 22.4 Å². The van der Waals surface area contributed by atoms with Gasteiger partial charge in [0, 0.05) is 6.54 Å². The Morgan fingerprint density at radius 3 is 2.67 bits per heavy atom. The predicted molar refractivity (Wildman–Crippen MR) is 80.8 cm³/mol. The first kappa shape index (κ1) is 17.4. The molecule has 0 aliphatic rings. The zero-order valence-corrected chi connectivity index (χ0v) is 13.0. The molecular formula is C12H12Cl2N2O4S. The first-order valence-corrected chi connectivity index (χ1v) is 7.84. The Morgan fingerprint density at radius 2 is 2.05 bits per heavy atom. The Labute approximate surface area is 132 Å². The standard InChI is InChI=1S/C12H12Cl2N2O4S/c1-2-7-15-12(17)16-21(18,19)10-6-4-3-5-9(10)20-11(14)8-13/h2-6,8H,1,7H2,(H2,15,16,17)/b11-8+. The molecule has 6 nitrogen and oxygen atoms in total. The van der Waals surface area contributed by atoms with E-state index < -0.39 is 16.1 Å². The molecule has 0 atom stereocenters. The molecule has 2 amide bonds. The Hall–Kier alpha value is -1.70. The number of sulfonamides is 1. The highest BCUT2D eigenvalue weighted by atomic mass is 35.5. The van der Waals surface area contributed by atoms with E-state index in [1.165, 1.54) is 24.3 Å². The van der Waals surface area contributed by atoms with E-state index in [1.807, 2.05) is 4.72 Å². The van der Waals surface area contributed by atoms with E-state index in [0.29, 0.717) is 0 Å². The Balaban J connectivity index is 3.03. The number of carbonyl (C=O) groups is 1. The maximum absolute atomic E-state index is 12.1. The van der Waals surface area contributed by atoms with Gasteiger partial charge in [-0.15, -0.1) is 6.58 Å². The van der Waals surface area contributed by atoms with Gasteiger partial charge in [-0.05, 0) is 23.7 Å². The van der Waals surface area contributed by atoms with Crippen molar-refractivity contribution >= 4 is 39.3 Å². The van der Waals surface area contributed by atoms with Crippen LogP contribution < -0.4 is 14.8 Å². The predicted octanol–water partition coefficient (Wildman–Crippen LogP) is 2.52. The number of hydrogen-bond acceptors (Lipinski definition) is 4. The lowest BCUT2D eigenvalue weighted by Gasteiger charge is -2.11. The Morgan fingerprint density at radius 1 is 1.38 bits per heavy atom. The van der Waals surface area contributed by atoms with Gasteiger partial charge in [0.2, 0.25) is 5.22 Å². The van der Waals surface area contributed by atoms with E-state index >= 15 is 0 Å². The highest BCUT2D eigenvalue weighted by molar-refractivity contribution is 7.90. The number of para-hydroxylation sites is 1. The number of amides is 2. The van der Waals surface area contributed by atoms with Crippen LogP contribution in [0.3, 0.4) is 0 Å².